The van der Waals surface area contributed by atoms with Crippen LogP contribution in [0.1, 0.15) is 32.6 Å². The van der Waals surface area contributed by atoms with Crippen LogP contribution < -0.4 is 16.0 Å². The Morgan fingerprint density at radius 3 is 2.74 bits per heavy atom. The molecule has 1 atom stereocenters. The van der Waals surface area contributed by atoms with Gasteiger partial charge in [0.2, 0.25) is 11.8 Å². The molecule has 1 aliphatic rings. The predicted octanol–water partition coefficient (Wildman–Crippen LogP) is -0.212. The molecule has 1 rings (SSSR count). The maximum atomic E-state index is 12.2. The highest BCUT2D eigenvalue weighted by Crippen LogP contribution is 2.24. The van der Waals surface area contributed by atoms with Crippen molar-refractivity contribution < 1.29 is 14.3 Å². The van der Waals surface area contributed by atoms with Crippen molar-refractivity contribution in [2.24, 2.45) is 0 Å². The van der Waals surface area contributed by atoms with Crippen molar-refractivity contribution >= 4 is 11.8 Å². The SMILES string of the molecule is CCCC1(C(=O)NCC(=O)NCCOC)CCCN1. The van der Waals surface area contributed by atoms with E-state index in [-0.39, 0.29) is 18.4 Å². The quantitative estimate of drug-likeness (QED) is 0.534. The molecule has 6 heteroatoms. The van der Waals surface area contributed by atoms with Crippen LogP contribution in [0.5, 0.6) is 0 Å². The first-order valence-corrected chi connectivity index (χ1v) is 6.93. The molecule has 3 N–H and O–H groups in total. The molecule has 2 amide bonds. The minimum absolute atomic E-state index is 0.0235. The second kappa shape index (κ2) is 8.12. The van der Waals surface area contributed by atoms with Crippen LogP contribution in [0.25, 0.3) is 0 Å². The molecular formula is C13H25N3O3. The molecule has 0 aromatic carbocycles. The molecule has 0 spiro atoms. The molecule has 0 radical (unpaired) electrons. The summed E-state index contributed by atoms with van der Waals surface area (Å²) >= 11 is 0. The molecule has 6 nitrogen and oxygen atoms in total. The summed E-state index contributed by atoms with van der Waals surface area (Å²) < 4.78 is 4.84. The minimum atomic E-state index is -0.471. The van der Waals surface area contributed by atoms with Gasteiger partial charge in [-0.3, -0.25) is 9.59 Å². The number of amides is 2. The molecular weight excluding hydrogens is 246 g/mol. The normalized spacial score (nSPS) is 22.2. The van der Waals surface area contributed by atoms with Crippen molar-refractivity contribution in [1.82, 2.24) is 16.0 Å². The number of nitrogens with one attached hydrogen (secondary N) is 3. The van der Waals surface area contributed by atoms with E-state index in [2.05, 4.69) is 22.9 Å². The lowest BCUT2D eigenvalue weighted by atomic mass is 9.91. The van der Waals surface area contributed by atoms with Crippen molar-refractivity contribution in [3.05, 3.63) is 0 Å². The van der Waals surface area contributed by atoms with Gasteiger partial charge in [-0.1, -0.05) is 13.3 Å². The Labute approximate surface area is 114 Å². The summed E-state index contributed by atoms with van der Waals surface area (Å²) in [5.74, 6) is -0.246. The van der Waals surface area contributed by atoms with Gasteiger partial charge < -0.3 is 20.7 Å². The molecule has 1 aliphatic heterocycles. The molecule has 0 aliphatic carbocycles. The smallest absolute Gasteiger partial charge is 0.240 e. The Bertz CT molecular complexity index is 302. The Balaban J connectivity index is 2.34. The first-order valence-electron chi connectivity index (χ1n) is 6.93. The average molecular weight is 271 g/mol. The molecule has 0 bridgehead atoms. The van der Waals surface area contributed by atoms with E-state index < -0.39 is 5.54 Å². The van der Waals surface area contributed by atoms with Gasteiger partial charge in [0.25, 0.3) is 0 Å². The number of carbonyl (C=O) groups excluding carboxylic acids is 2. The van der Waals surface area contributed by atoms with Crippen LogP contribution in [-0.4, -0.2) is 50.7 Å². The summed E-state index contributed by atoms with van der Waals surface area (Å²) in [4.78, 5) is 23.7. The van der Waals surface area contributed by atoms with Gasteiger partial charge in [0.1, 0.15) is 0 Å². The van der Waals surface area contributed by atoms with Gasteiger partial charge in [-0.15, -0.1) is 0 Å². The summed E-state index contributed by atoms with van der Waals surface area (Å²) in [5, 5.41) is 8.68. The number of hydrogen-bond donors (Lipinski definition) is 3. The summed E-state index contributed by atoms with van der Waals surface area (Å²) in [6.45, 7) is 3.89. The lowest BCUT2D eigenvalue weighted by Crippen LogP contribution is -2.55. The molecule has 1 unspecified atom stereocenters. The highest BCUT2D eigenvalue weighted by atomic mass is 16.5. The van der Waals surface area contributed by atoms with E-state index in [9.17, 15) is 9.59 Å². The molecule has 19 heavy (non-hydrogen) atoms. The van der Waals surface area contributed by atoms with Crippen LogP contribution in [-0.2, 0) is 14.3 Å². The zero-order valence-electron chi connectivity index (χ0n) is 11.9. The summed E-state index contributed by atoms with van der Waals surface area (Å²) in [5.41, 5.74) is -0.471. The van der Waals surface area contributed by atoms with Crippen LogP contribution in [0.15, 0.2) is 0 Å². The van der Waals surface area contributed by atoms with Crippen molar-refractivity contribution in [2.75, 3.05) is 33.4 Å². The van der Waals surface area contributed by atoms with Gasteiger partial charge in [-0.05, 0) is 25.8 Å². The van der Waals surface area contributed by atoms with Gasteiger partial charge in [-0.2, -0.15) is 0 Å². The second-order valence-electron chi connectivity index (χ2n) is 4.89. The first-order chi connectivity index (χ1) is 9.14. The van der Waals surface area contributed by atoms with Crippen molar-refractivity contribution in [1.29, 1.82) is 0 Å². The highest BCUT2D eigenvalue weighted by Gasteiger charge is 2.39. The zero-order chi connectivity index (χ0) is 14.1. The maximum absolute atomic E-state index is 12.2. The van der Waals surface area contributed by atoms with E-state index in [1.807, 2.05) is 0 Å². The van der Waals surface area contributed by atoms with E-state index in [1.165, 1.54) is 0 Å². The lowest BCUT2D eigenvalue weighted by Gasteiger charge is -2.27. The van der Waals surface area contributed by atoms with Gasteiger partial charge in [-0.25, -0.2) is 0 Å². The fraction of sp³-hybridized carbons (Fsp3) is 0.846. The van der Waals surface area contributed by atoms with Crippen LogP contribution in [0.3, 0.4) is 0 Å². The van der Waals surface area contributed by atoms with Gasteiger partial charge in [0.15, 0.2) is 0 Å². The maximum Gasteiger partial charge on any atom is 0.240 e. The Hall–Kier alpha value is -1.14. The van der Waals surface area contributed by atoms with Crippen LogP contribution in [0, 0.1) is 0 Å². The largest absolute Gasteiger partial charge is 0.383 e. The predicted molar refractivity (Wildman–Crippen MR) is 72.8 cm³/mol. The van der Waals surface area contributed by atoms with Crippen LogP contribution in [0.2, 0.25) is 0 Å². The standard InChI is InChI=1S/C13H25N3O3/c1-3-5-13(6-4-7-16-13)12(18)15-10-11(17)14-8-9-19-2/h16H,3-10H2,1-2H3,(H,14,17)(H,15,18). The summed E-state index contributed by atoms with van der Waals surface area (Å²) in [7, 11) is 1.58. The number of ether oxygens (including phenoxy) is 1. The number of hydrogen-bond acceptors (Lipinski definition) is 4. The van der Waals surface area contributed by atoms with E-state index in [1.54, 1.807) is 7.11 Å². The Morgan fingerprint density at radius 1 is 1.37 bits per heavy atom. The Kier molecular flexibility index (Phi) is 6.80. The highest BCUT2D eigenvalue weighted by molar-refractivity contribution is 5.90. The fourth-order valence-electron chi connectivity index (χ4n) is 2.44. The minimum Gasteiger partial charge on any atom is -0.383 e. The summed E-state index contributed by atoms with van der Waals surface area (Å²) in [6.07, 6.45) is 3.61. The van der Waals surface area contributed by atoms with Crippen molar-refractivity contribution in [3.8, 4) is 0 Å². The molecule has 0 aromatic rings. The first kappa shape index (κ1) is 15.9. The number of rotatable bonds is 8. The van der Waals surface area contributed by atoms with Crippen molar-refractivity contribution in [2.45, 2.75) is 38.1 Å². The zero-order valence-corrected chi connectivity index (χ0v) is 11.9. The van der Waals surface area contributed by atoms with E-state index >= 15 is 0 Å². The average Bonchev–Trinajstić information content (AvgIpc) is 2.86. The molecule has 0 aromatic heterocycles. The van der Waals surface area contributed by atoms with Crippen LogP contribution >= 0.6 is 0 Å². The molecule has 1 heterocycles. The van der Waals surface area contributed by atoms with Crippen LogP contribution in [0.4, 0.5) is 0 Å². The topological polar surface area (TPSA) is 79.5 Å². The Morgan fingerprint density at radius 2 is 2.16 bits per heavy atom. The monoisotopic (exact) mass is 271 g/mol. The number of carbonyl (C=O) groups is 2. The van der Waals surface area contributed by atoms with Gasteiger partial charge in [0, 0.05) is 13.7 Å². The lowest BCUT2D eigenvalue weighted by molar-refractivity contribution is -0.130. The number of methoxy groups -OCH3 is 1. The van der Waals surface area contributed by atoms with E-state index in [4.69, 9.17) is 4.74 Å². The van der Waals surface area contributed by atoms with Crippen molar-refractivity contribution in [3.63, 3.8) is 0 Å². The molecule has 1 fully saturated rings. The molecule has 1 saturated heterocycles. The molecule has 0 saturated carbocycles. The van der Waals surface area contributed by atoms with Gasteiger partial charge in [0.05, 0.1) is 18.7 Å². The third kappa shape index (κ3) is 4.80. The summed E-state index contributed by atoms with van der Waals surface area (Å²) in [6, 6.07) is 0. The third-order valence-corrected chi connectivity index (χ3v) is 3.39. The van der Waals surface area contributed by atoms with E-state index in [0.717, 1.165) is 32.2 Å². The van der Waals surface area contributed by atoms with Gasteiger partial charge >= 0.3 is 0 Å². The third-order valence-electron chi connectivity index (χ3n) is 3.39. The fourth-order valence-corrected chi connectivity index (χ4v) is 2.44. The second-order valence-corrected chi connectivity index (χ2v) is 4.89. The van der Waals surface area contributed by atoms with E-state index in [0.29, 0.717) is 13.2 Å². The molecule has 110 valence electrons.